The molecule has 62 valence electrons. The molecule has 1 aromatic rings. The minimum atomic E-state index is -3.45. The van der Waals surface area contributed by atoms with Crippen LogP contribution in [0.1, 0.15) is 5.56 Å². The van der Waals surface area contributed by atoms with Gasteiger partial charge in [0.1, 0.15) is 0 Å². The van der Waals surface area contributed by atoms with Crippen molar-refractivity contribution in [2.24, 2.45) is 0 Å². The van der Waals surface area contributed by atoms with Gasteiger partial charge in [0.25, 0.3) is 0 Å². The van der Waals surface area contributed by atoms with E-state index in [2.05, 4.69) is 10.8 Å². The van der Waals surface area contributed by atoms with Crippen molar-refractivity contribution < 1.29 is 12.6 Å². The molecule has 1 aliphatic heterocycles. The van der Waals surface area contributed by atoms with Crippen molar-refractivity contribution >= 4 is 16.2 Å². The molecule has 0 saturated carbocycles. The molecular weight excluding hydrogens is 176 g/mol. The van der Waals surface area contributed by atoms with Crippen LogP contribution in [0.3, 0.4) is 0 Å². The van der Waals surface area contributed by atoms with Gasteiger partial charge in [-0.05, 0) is 11.6 Å². The predicted molar refractivity (Wildman–Crippen MR) is 44.3 cm³/mol. The molecule has 0 aliphatic carbocycles. The van der Waals surface area contributed by atoms with Crippen LogP contribution in [0.4, 0.5) is 0 Å². The van der Waals surface area contributed by atoms with Crippen molar-refractivity contribution in [3.63, 3.8) is 0 Å². The number of hydrogen-bond acceptors (Lipinski definition) is 3. The predicted octanol–water partition coefficient (Wildman–Crippen LogP) is 1.41. The van der Waals surface area contributed by atoms with E-state index in [0.29, 0.717) is 11.3 Å². The van der Waals surface area contributed by atoms with E-state index in [1.54, 1.807) is 18.2 Å². The molecule has 2 rings (SSSR count). The Balaban J connectivity index is 2.78. The lowest BCUT2D eigenvalue weighted by molar-refractivity contribution is 0.441. The summed E-state index contributed by atoms with van der Waals surface area (Å²) in [5.41, 5.74) is 0.596. The highest BCUT2D eigenvalue weighted by atomic mass is 32.2. The van der Waals surface area contributed by atoms with Gasteiger partial charge in [-0.2, -0.15) is 8.42 Å². The second-order valence-electron chi connectivity index (χ2n) is 2.42. The highest BCUT2D eigenvalue weighted by Gasteiger charge is 2.34. The Labute approximate surface area is 70.4 Å². The molecule has 0 atom stereocenters. The molecule has 0 N–H and O–H groups in total. The Morgan fingerprint density at radius 2 is 2.17 bits per heavy atom. The second-order valence-corrected chi connectivity index (χ2v) is 3.90. The van der Waals surface area contributed by atoms with E-state index < -0.39 is 10.1 Å². The molecule has 0 fully saturated rings. The van der Waals surface area contributed by atoms with Crippen LogP contribution in [0.5, 0.6) is 5.75 Å². The van der Waals surface area contributed by atoms with E-state index in [9.17, 15) is 8.42 Å². The first-order chi connectivity index (χ1) is 5.65. The summed E-state index contributed by atoms with van der Waals surface area (Å²) in [6.07, 6.45) is 1.50. The lowest BCUT2D eigenvalue weighted by Crippen LogP contribution is -2.22. The normalized spacial score (nSPS) is 17.0. The summed E-state index contributed by atoms with van der Waals surface area (Å²) >= 11 is 0. The lowest BCUT2D eigenvalue weighted by Gasteiger charge is -2.20. The molecule has 0 aromatic heterocycles. The summed E-state index contributed by atoms with van der Waals surface area (Å²) in [4.78, 5) is 0.250. The van der Waals surface area contributed by atoms with Crippen molar-refractivity contribution in [1.82, 2.24) is 0 Å². The lowest BCUT2D eigenvalue weighted by atomic mass is 10.2. The number of rotatable bonds is 1. The topological polar surface area (TPSA) is 43.4 Å². The minimum absolute atomic E-state index is 0.250. The van der Waals surface area contributed by atoms with Gasteiger partial charge in [0.05, 0.1) is 0 Å². The Hall–Kier alpha value is -1.29. The number of fused-ring (bicyclic) bond motifs is 1. The molecule has 1 aromatic carbocycles. The minimum Gasteiger partial charge on any atom is -0.377 e. The Kier molecular flexibility index (Phi) is 1.29. The third-order valence-electron chi connectivity index (χ3n) is 1.68. The molecule has 0 amide bonds. The molecule has 1 heterocycles. The van der Waals surface area contributed by atoms with Gasteiger partial charge in [-0.3, -0.25) is 0 Å². The van der Waals surface area contributed by atoms with E-state index in [1.165, 1.54) is 6.08 Å². The van der Waals surface area contributed by atoms with Crippen molar-refractivity contribution in [3.8, 4) is 5.75 Å². The summed E-state index contributed by atoms with van der Waals surface area (Å²) < 4.78 is 26.6. The Morgan fingerprint density at radius 3 is 2.67 bits per heavy atom. The zero-order valence-electron chi connectivity index (χ0n) is 6.15. The Morgan fingerprint density at radius 1 is 1.42 bits per heavy atom. The number of benzene rings is 1. The largest absolute Gasteiger partial charge is 0.377 e. The molecule has 0 unspecified atom stereocenters. The third-order valence-corrected chi connectivity index (χ3v) is 3.01. The van der Waals surface area contributed by atoms with Gasteiger partial charge < -0.3 is 4.18 Å². The molecule has 0 bridgehead atoms. The van der Waals surface area contributed by atoms with Crippen LogP contribution in [-0.2, 0) is 10.1 Å². The summed E-state index contributed by atoms with van der Waals surface area (Å²) in [5.74, 6) is 0.410. The van der Waals surface area contributed by atoms with E-state index in [4.69, 9.17) is 0 Å². The van der Waals surface area contributed by atoms with Crippen molar-refractivity contribution in [2.75, 3.05) is 0 Å². The summed E-state index contributed by atoms with van der Waals surface area (Å²) in [6.45, 7) is 3.51. The summed E-state index contributed by atoms with van der Waals surface area (Å²) in [7, 11) is -3.45. The van der Waals surface area contributed by atoms with Gasteiger partial charge in [-0.25, -0.2) is 0 Å². The molecule has 0 spiro atoms. The summed E-state index contributed by atoms with van der Waals surface area (Å²) in [5, 5.41) is 0. The van der Waals surface area contributed by atoms with Gasteiger partial charge >= 0.3 is 10.1 Å². The van der Waals surface area contributed by atoms with Crippen LogP contribution in [0.25, 0.3) is 6.08 Å². The maximum Gasteiger partial charge on any atom is 0.343 e. The first-order valence-electron chi connectivity index (χ1n) is 3.35. The SMILES string of the molecule is C=Cc1cccc2c1S(=O)(=O)O2. The maximum atomic E-state index is 11.0. The van der Waals surface area contributed by atoms with Crippen molar-refractivity contribution in [3.05, 3.63) is 30.3 Å². The molecule has 4 heteroatoms. The monoisotopic (exact) mass is 182 g/mol. The van der Waals surface area contributed by atoms with E-state index in [1.807, 2.05) is 0 Å². The molecule has 0 saturated heterocycles. The molecule has 1 aliphatic rings. The Bertz CT molecular complexity index is 445. The van der Waals surface area contributed by atoms with Gasteiger partial charge in [-0.15, -0.1) is 0 Å². The van der Waals surface area contributed by atoms with Gasteiger partial charge in [0, 0.05) is 0 Å². The highest BCUT2D eigenvalue weighted by Crippen LogP contribution is 2.38. The molecule has 12 heavy (non-hydrogen) atoms. The van der Waals surface area contributed by atoms with Crippen LogP contribution in [0.2, 0.25) is 0 Å². The average molecular weight is 182 g/mol. The fraction of sp³-hybridized carbons (Fsp3) is 0. The zero-order valence-corrected chi connectivity index (χ0v) is 6.97. The van der Waals surface area contributed by atoms with Crippen molar-refractivity contribution in [2.45, 2.75) is 4.90 Å². The fourth-order valence-electron chi connectivity index (χ4n) is 1.15. The molecule has 3 nitrogen and oxygen atoms in total. The summed E-state index contributed by atoms with van der Waals surface area (Å²) in [6, 6.07) is 5.03. The zero-order chi connectivity index (χ0) is 8.77. The highest BCUT2D eigenvalue weighted by molar-refractivity contribution is 7.88. The maximum absolute atomic E-state index is 11.0. The molecular formula is C8H6O3S. The number of hydrogen-bond donors (Lipinski definition) is 0. The van der Waals surface area contributed by atoms with E-state index in [-0.39, 0.29) is 4.90 Å². The van der Waals surface area contributed by atoms with Crippen LogP contribution in [-0.4, -0.2) is 8.42 Å². The van der Waals surface area contributed by atoms with Gasteiger partial charge in [0.2, 0.25) is 0 Å². The first-order valence-corrected chi connectivity index (χ1v) is 4.76. The van der Waals surface area contributed by atoms with Crippen LogP contribution < -0.4 is 4.18 Å². The molecule has 0 radical (unpaired) electrons. The van der Waals surface area contributed by atoms with Crippen LogP contribution in [0.15, 0.2) is 29.7 Å². The third kappa shape index (κ3) is 0.783. The van der Waals surface area contributed by atoms with E-state index in [0.717, 1.165) is 0 Å². The fourth-order valence-corrected chi connectivity index (χ4v) is 2.29. The van der Waals surface area contributed by atoms with E-state index >= 15 is 0 Å². The smallest absolute Gasteiger partial charge is 0.343 e. The van der Waals surface area contributed by atoms with Crippen molar-refractivity contribution in [1.29, 1.82) is 0 Å². The standard InChI is InChI=1S/C8H6O3S/c1-2-6-4-3-5-7-8(6)12(9,10)11-7/h2-5H,1H2. The second kappa shape index (κ2) is 2.10. The van der Waals surface area contributed by atoms with Crippen LogP contribution >= 0.6 is 0 Å². The van der Waals surface area contributed by atoms with Crippen LogP contribution in [0, 0.1) is 0 Å². The first kappa shape index (κ1) is 7.36. The quantitative estimate of drug-likeness (QED) is 0.617. The average Bonchev–Trinajstić information content (AvgIpc) is 2.02. The van der Waals surface area contributed by atoms with Gasteiger partial charge in [-0.1, -0.05) is 24.8 Å². The van der Waals surface area contributed by atoms with Gasteiger partial charge in [0.15, 0.2) is 10.6 Å².